The second-order valence-corrected chi connectivity index (χ2v) is 6.79. The first-order valence-electron chi connectivity index (χ1n) is 6.54. The molecule has 0 saturated heterocycles. The summed E-state index contributed by atoms with van der Waals surface area (Å²) in [6, 6.07) is 0. The second-order valence-electron chi connectivity index (χ2n) is 4.05. The van der Waals surface area contributed by atoms with Crippen LogP contribution in [0.5, 0.6) is 0 Å². The first kappa shape index (κ1) is 24.0. The number of alkyl halides is 4. The second kappa shape index (κ2) is 18.8. The SMILES string of the molecule is Cl.ClCCN(CCCl)CCSCCN(CCCl)CCCl. The number of hydrogen-bond donors (Lipinski definition) is 0. The molecule has 0 atom stereocenters. The molecule has 20 heavy (non-hydrogen) atoms. The Morgan fingerprint density at radius 2 is 0.850 bits per heavy atom. The van der Waals surface area contributed by atoms with Crippen molar-refractivity contribution in [3.05, 3.63) is 0 Å². The molecule has 0 fully saturated rings. The number of halogens is 5. The van der Waals surface area contributed by atoms with Crippen molar-refractivity contribution in [2.45, 2.75) is 0 Å². The zero-order chi connectivity index (χ0) is 14.3. The van der Waals surface area contributed by atoms with Gasteiger partial charge in [-0.15, -0.1) is 58.8 Å². The van der Waals surface area contributed by atoms with Crippen LogP contribution in [0.4, 0.5) is 0 Å². The van der Waals surface area contributed by atoms with E-state index < -0.39 is 0 Å². The summed E-state index contributed by atoms with van der Waals surface area (Å²) < 4.78 is 0. The fraction of sp³-hybridized carbons (Fsp3) is 1.00. The van der Waals surface area contributed by atoms with Crippen LogP contribution in [0.15, 0.2) is 0 Å². The van der Waals surface area contributed by atoms with Gasteiger partial charge in [-0.2, -0.15) is 11.8 Å². The van der Waals surface area contributed by atoms with Crippen LogP contribution in [0.2, 0.25) is 0 Å². The minimum atomic E-state index is 0. The van der Waals surface area contributed by atoms with Gasteiger partial charge in [0.25, 0.3) is 0 Å². The average molecular weight is 407 g/mol. The Kier molecular flexibility index (Phi) is 22.5. The van der Waals surface area contributed by atoms with Crippen molar-refractivity contribution in [3.63, 3.8) is 0 Å². The van der Waals surface area contributed by atoms with Crippen LogP contribution < -0.4 is 0 Å². The molecule has 0 aliphatic rings. The number of nitrogens with zero attached hydrogens (tertiary/aromatic N) is 2. The van der Waals surface area contributed by atoms with Crippen LogP contribution in [0.3, 0.4) is 0 Å². The van der Waals surface area contributed by atoms with Crippen LogP contribution in [-0.2, 0) is 0 Å². The van der Waals surface area contributed by atoms with Gasteiger partial charge in [-0.1, -0.05) is 0 Å². The van der Waals surface area contributed by atoms with Crippen molar-refractivity contribution in [2.75, 3.05) is 74.3 Å². The molecule has 0 N–H and O–H groups in total. The predicted molar refractivity (Wildman–Crippen MR) is 100 cm³/mol. The van der Waals surface area contributed by atoms with Crippen molar-refractivity contribution in [1.29, 1.82) is 0 Å². The molecule has 0 aromatic rings. The maximum absolute atomic E-state index is 5.76. The first-order chi connectivity index (χ1) is 9.28. The summed E-state index contributed by atoms with van der Waals surface area (Å²) in [6.45, 7) is 5.77. The Labute approximate surface area is 154 Å². The number of hydrogen-bond acceptors (Lipinski definition) is 3. The Morgan fingerprint density at radius 1 is 0.550 bits per heavy atom. The molecule has 124 valence electrons. The lowest BCUT2D eigenvalue weighted by Gasteiger charge is -2.21. The van der Waals surface area contributed by atoms with Crippen LogP contribution in [0, 0.1) is 0 Å². The molecule has 0 aromatic carbocycles. The molecule has 0 spiro atoms. The molecule has 0 bridgehead atoms. The Morgan fingerprint density at radius 3 is 1.10 bits per heavy atom. The number of rotatable bonds is 14. The Hall–Kier alpha value is 1.72. The minimum absolute atomic E-state index is 0. The lowest BCUT2D eigenvalue weighted by Crippen LogP contribution is -2.31. The predicted octanol–water partition coefficient (Wildman–Crippen LogP) is 3.70. The monoisotopic (exact) mass is 404 g/mol. The highest BCUT2D eigenvalue weighted by Crippen LogP contribution is 2.04. The third-order valence-corrected chi connectivity index (χ3v) is 4.33. The van der Waals surface area contributed by atoms with Crippen molar-refractivity contribution >= 4 is 70.6 Å². The van der Waals surface area contributed by atoms with Crippen molar-refractivity contribution < 1.29 is 0 Å². The van der Waals surface area contributed by atoms with Gasteiger partial charge in [-0.3, -0.25) is 0 Å². The molecule has 2 nitrogen and oxygen atoms in total. The van der Waals surface area contributed by atoms with Gasteiger partial charge in [0, 0.05) is 74.3 Å². The smallest absolute Gasteiger partial charge is 0.0351 e. The highest BCUT2D eigenvalue weighted by atomic mass is 35.5. The highest BCUT2D eigenvalue weighted by molar-refractivity contribution is 7.99. The van der Waals surface area contributed by atoms with E-state index in [0.717, 1.165) is 50.8 Å². The van der Waals surface area contributed by atoms with Gasteiger partial charge < -0.3 is 9.80 Å². The summed E-state index contributed by atoms with van der Waals surface area (Å²) >= 11 is 25.0. The molecule has 0 aromatic heterocycles. The van der Waals surface area contributed by atoms with E-state index in [1.807, 2.05) is 11.8 Å². The van der Waals surface area contributed by atoms with Crippen molar-refractivity contribution in [2.24, 2.45) is 0 Å². The molecule has 0 radical (unpaired) electrons. The minimum Gasteiger partial charge on any atom is -0.300 e. The molecule has 0 aliphatic heterocycles. The molecule has 0 heterocycles. The maximum Gasteiger partial charge on any atom is 0.0351 e. The largest absolute Gasteiger partial charge is 0.300 e. The first-order valence-corrected chi connectivity index (χ1v) is 9.84. The van der Waals surface area contributed by atoms with Crippen LogP contribution >= 0.6 is 70.6 Å². The fourth-order valence-corrected chi connectivity index (χ4v) is 3.57. The van der Waals surface area contributed by atoms with Gasteiger partial charge in [-0.25, -0.2) is 0 Å². The van der Waals surface area contributed by atoms with E-state index in [1.54, 1.807) is 0 Å². The zero-order valence-electron chi connectivity index (χ0n) is 11.7. The van der Waals surface area contributed by atoms with E-state index in [4.69, 9.17) is 46.4 Å². The Balaban J connectivity index is 0. The molecule has 0 rings (SSSR count). The summed E-state index contributed by atoms with van der Waals surface area (Å²) in [7, 11) is 0. The van der Waals surface area contributed by atoms with E-state index in [-0.39, 0.29) is 12.4 Å². The Bertz CT molecular complexity index is 161. The summed E-state index contributed by atoms with van der Waals surface area (Å²) in [5, 5.41) is 0. The fourth-order valence-electron chi connectivity index (χ4n) is 1.64. The van der Waals surface area contributed by atoms with E-state index in [9.17, 15) is 0 Å². The number of thioether (sulfide) groups is 1. The van der Waals surface area contributed by atoms with Gasteiger partial charge >= 0.3 is 0 Å². The van der Waals surface area contributed by atoms with Crippen LogP contribution in [0.25, 0.3) is 0 Å². The normalized spacial score (nSPS) is 11.1. The van der Waals surface area contributed by atoms with Gasteiger partial charge in [0.05, 0.1) is 0 Å². The highest BCUT2D eigenvalue weighted by Gasteiger charge is 2.05. The molecular weight excluding hydrogens is 381 g/mol. The van der Waals surface area contributed by atoms with E-state index in [0.29, 0.717) is 23.5 Å². The van der Waals surface area contributed by atoms with Gasteiger partial charge in [0.15, 0.2) is 0 Å². The third kappa shape index (κ3) is 14.6. The quantitative estimate of drug-likeness (QED) is 0.321. The molecule has 0 saturated carbocycles. The molecule has 0 amide bonds. The summed E-state index contributed by atoms with van der Waals surface area (Å²) in [4.78, 5) is 4.62. The van der Waals surface area contributed by atoms with Crippen LogP contribution in [-0.4, -0.2) is 84.1 Å². The van der Waals surface area contributed by atoms with Crippen molar-refractivity contribution in [1.82, 2.24) is 9.80 Å². The average Bonchev–Trinajstić information content (AvgIpc) is 2.39. The lowest BCUT2D eigenvalue weighted by atomic mass is 10.5. The van der Waals surface area contributed by atoms with Crippen LogP contribution in [0.1, 0.15) is 0 Å². The molecule has 0 unspecified atom stereocenters. The third-order valence-electron chi connectivity index (χ3n) is 2.71. The van der Waals surface area contributed by atoms with Gasteiger partial charge in [0.2, 0.25) is 0 Å². The molecule has 0 aliphatic carbocycles. The van der Waals surface area contributed by atoms with E-state index in [2.05, 4.69) is 9.80 Å². The van der Waals surface area contributed by atoms with E-state index >= 15 is 0 Å². The molecular formula is C12H25Cl5N2S. The van der Waals surface area contributed by atoms with E-state index in [1.165, 1.54) is 0 Å². The van der Waals surface area contributed by atoms with Gasteiger partial charge in [-0.05, 0) is 0 Å². The summed E-state index contributed by atoms with van der Waals surface area (Å²) in [5.41, 5.74) is 0. The summed E-state index contributed by atoms with van der Waals surface area (Å²) in [6.07, 6.45) is 0. The maximum atomic E-state index is 5.76. The van der Waals surface area contributed by atoms with Gasteiger partial charge in [0.1, 0.15) is 0 Å². The molecule has 8 heteroatoms. The topological polar surface area (TPSA) is 6.48 Å². The summed E-state index contributed by atoms with van der Waals surface area (Å²) in [5.74, 6) is 4.90. The standard InChI is InChI=1S/C12H24Cl4N2S.ClH/c13-1-5-17(6-2-14)9-11-19-12-10-18(7-3-15)8-4-16;/h1-12H2;1H. The lowest BCUT2D eigenvalue weighted by molar-refractivity contribution is 0.324. The zero-order valence-corrected chi connectivity index (χ0v) is 16.4. The van der Waals surface area contributed by atoms with Crippen molar-refractivity contribution in [3.8, 4) is 0 Å².